The van der Waals surface area contributed by atoms with E-state index in [9.17, 15) is 0 Å². The molecule has 0 unspecified atom stereocenters. The molecule has 1 aromatic heterocycles. The molecule has 1 heterocycles. The Hall–Kier alpha value is -2.14. The Morgan fingerprint density at radius 1 is 1.15 bits per heavy atom. The number of aromatic nitrogens is 2. The van der Waals surface area contributed by atoms with Crippen LogP contribution in [0.1, 0.15) is 31.9 Å². The SMILES string of the molecule is Cc1cnc(NN)nc1Nc1ccccc1C(C)(C)C. The van der Waals surface area contributed by atoms with Crippen molar-refractivity contribution in [2.45, 2.75) is 33.1 Å². The van der Waals surface area contributed by atoms with E-state index in [-0.39, 0.29) is 5.41 Å². The fourth-order valence-electron chi connectivity index (χ4n) is 2.01. The summed E-state index contributed by atoms with van der Waals surface area (Å²) < 4.78 is 0. The highest BCUT2D eigenvalue weighted by Gasteiger charge is 2.18. The number of anilines is 3. The Bertz CT molecular complexity index is 601. The molecule has 0 spiro atoms. The average Bonchev–Trinajstić information content (AvgIpc) is 2.41. The lowest BCUT2D eigenvalue weighted by atomic mass is 9.86. The van der Waals surface area contributed by atoms with Crippen molar-refractivity contribution in [3.05, 3.63) is 41.6 Å². The maximum atomic E-state index is 5.36. The van der Waals surface area contributed by atoms with E-state index in [0.29, 0.717) is 5.95 Å². The maximum Gasteiger partial charge on any atom is 0.239 e. The average molecular weight is 271 g/mol. The molecule has 4 N–H and O–H groups in total. The monoisotopic (exact) mass is 271 g/mol. The zero-order valence-corrected chi connectivity index (χ0v) is 12.4. The number of hydrazine groups is 1. The largest absolute Gasteiger partial charge is 0.340 e. The zero-order chi connectivity index (χ0) is 14.8. The van der Waals surface area contributed by atoms with Gasteiger partial charge in [0, 0.05) is 17.4 Å². The lowest BCUT2D eigenvalue weighted by Crippen LogP contribution is -2.15. The summed E-state index contributed by atoms with van der Waals surface area (Å²) >= 11 is 0. The molecule has 0 aliphatic heterocycles. The summed E-state index contributed by atoms with van der Waals surface area (Å²) in [6.07, 6.45) is 1.74. The Morgan fingerprint density at radius 3 is 2.50 bits per heavy atom. The summed E-state index contributed by atoms with van der Waals surface area (Å²) in [7, 11) is 0. The topological polar surface area (TPSA) is 75.9 Å². The number of nitrogens with two attached hydrogens (primary N) is 1. The fourth-order valence-corrected chi connectivity index (χ4v) is 2.01. The second kappa shape index (κ2) is 5.46. The van der Waals surface area contributed by atoms with E-state index in [1.54, 1.807) is 6.20 Å². The van der Waals surface area contributed by atoms with Gasteiger partial charge in [-0.15, -0.1) is 0 Å². The Kier molecular flexibility index (Phi) is 3.90. The van der Waals surface area contributed by atoms with E-state index in [2.05, 4.69) is 53.6 Å². The summed E-state index contributed by atoms with van der Waals surface area (Å²) in [5.74, 6) is 6.51. The maximum absolute atomic E-state index is 5.36. The van der Waals surface area contributed by atoms with Crippen LogP contribution in [0.4, 0.5) is 17.5 Å². The number of nitrogen functional groups attached to an aromatic ring is 1. The summed E-state index contributed by atoms with van der Waals surface area (Å²) in [6, 6.07) is 8.24. The van der Waals surface area contributed by atoms with Crippen LogP contribution in [0.5, 0.6) is 0 Å². The Balaban J connectivity index is 2.40. The van der Waals surface area contributed by atoms with E-state index < -0.39 is 0 Å². The smallest absolute Gasteiger partial charge is 0.239 e. The molecule has 0 saturated heterocycles. The molecule has 2 rings (SSSR count). The van der Waals surface area contributed by atoms with Gasteiger partial charge in [-0.3, -0.25) is 5.43 Å². The van der Waals surface area contributed by atoms with Crippen molar-refractivity contribution < 1.29 is 0 Å². The second-order valence-corrected chi connectivity index (χ2v) is 5.79. The molecular weight excluding hydrogens is 250 g/mol. The first-order valence-electron chi connectivity index (χ1n) is 6.58. The van der Waals surface area contributed by atoms with Crippen LogP contribution in [0.2, 0.25) is 0 Å². The third kappa shape index (κ3) is 3.05. The molecule has 0 aliphatic carbocycles. The van der Waals surface area contributed by atoms with Gasteiger partial charge in [0.15, 0.2) is 0 Å². The van der Waals surface area contributed by atoms with Crippen LogP contribution in [-0.4, -0.2) is 9.97 Å². The summed E-state index contributed by atoms with van der Waals surface area (Å²) in [5, 5.41) is 3.38. The van der Waals surface area contributed by atoms with Gasteiger partial charge in [0.25, 0.3) is 0 Å². The summed E-state index contributed by atoms with van der Waals surface area (Å²) in [5.41, 5.74) is 5.77. The van der Waals surface area contributed by atoms with Gasteiger partial charge < -0.3 is 5.32 Å². The van der Waals surface area contributed by atoms with E-state index in [4.69, 9.17) is 5.84 Å². The van der Waals surface area contributed by atoms with Gasteiger partial charge in [-0.25, -0.2) is 10.8 Å². The first-order valence-corrected chi connectivity index (χ1v) is 6.58. The van der Waals surface area contributed by atoms with Crippen LogP contribution in [0, 0.1) is 6.92 Å². The van der Waals surface area contributed by atoms with Crippen LogP contribution < -0.4 is 16.6 Å². The zero-order valence-electron chi connectivity index (χ0n) is 12.4. The van der Waals surface area contributed by atoms with Crippen molar-refractivity contribution in [2.75, 3.05) is 10.7 Å². The predicted octanol–water partition coefficient (Wildman–Crippen LogP) is 3.11. The first kappa shape index (κ1) is 14.3. The molecule has 0 atom stereocenters. The van der Waals surface area contributed by atoms with Gasteiger partial charge in [0.2, 0.25) is 5.95 Å². The number of nitrogens with zero attached hydrogens (tertiary/aromatic N) is 2. The Labute approximate surface area is 119 Å². The molecule has 0 bridgehead atoms. The van der Waals surface area contributed by atoms with Crippen molar-refractivity contribution in [1.29, 1.82) is 0 Å². The minimum atomic E-state index is 0.0550. The van der Waals surface area contributed by atoms with Crippen molar-refractivity contribution in [2.24, 2.45) is 5.84 Å². The third-order valence-corrected chi connectivity index (χ3v) is 3.09. The van der Waals surface area contributed by atoms with Gasteiger partial charge in [0.05, 0.1) is 0 Å². The van der Waals surface area contributed by atoms with Crippen molar-refractivity contribution in [3.8, 4) is 0 Å². The van der Waals surface area contributed by atoms with Crippen molar-refractivity contribution in [1.82, 2.24) is 9.97 Å². The summed E-state index contributed by atoms with van der Waals surface area (Å²) in [6.45, 7) is 8.52. The number of aryl methyl sites for hydroxylation is 1. The van der Waals surface area contributed by atoms with E-state index in [0.717, 1.165) is 17.1 Å². The molecular formula is C15H21N5. The van der Waals surface area contributed by atoms with E-state index >= 15 is 0 Å². The van der Waals surface area contributed by atoms with Crippen LogP contribution in [-0.2, 0) is 5.41 Å². The second-order valence-electron chi connectivity index (χ2n) is 5.79. The molecule has 5 nitrogen and oxygen atoms in total. The number of hydrogen-bond donors (Lipinski definition) is 3. The van der Waals surface area contributed by atoms with Gasteiger partial charge in [0.1, 0.15) is 5.82 Å². The molecule has 0 fully saturated rings. The molecule has 5 heteroatoms. The van der Waals surface area contributed by atoms with Gasteiger partial charge in [-0.1, -0.05) is 39.0 Å². The molecule has 20 heavy (non-hydrogen) atoms. The van der Waals surface area contributed by atoms with E-state index in [1.165, 1.54) is 5.56 Å². The highest BCUT2D eigenvalue weighted by molar-refractivity contribution is 5.64. The molecule has 0 aliphatic rings. The molecule has 0 radical (unpaired) electrons. The highest BCUT2D eigenvalue weighted by atomic mass is 15.3. The van der Waals surface area contributed by atoms with Crippen molar-refractivity contribution in [3.63, 3.8) is 0 Å². The number of para-hydroxylation sites is 1. The normalized spacial score (nSPS) is 11.2. The van der Waals surface area contributed by atoms with Crippen LogP contribution in [0.15, 0.2) is 30.5 Å². The third-order valence-electron chi connectivity index (χ3n) is 3.09. The predicted molar refractivity (Wildman–Crippen MR) is 83.0 cm³/mol. The standard InChI is InChI=1S/C15H21N5/c1-10-9-17-14(20-16)19-13(10)18-12-8-6-5-7-11(12)15(2,3)4/h5-9H,16H2,1-4H3,(H2,17,18,19,20). The highest BCUT2D eigenvalue weighted by Crippen LogP contribution is 2.31. The van der Waals surface area contributed by atoms with Gasteiger partial charge >= 0.3 is 0 Å². The minimum absolute atomic E-state index is 0.0550. The molecule has 106 valence electrons. The number of benzene rings is 1. The minimum Gasteiger partial charge on any atom is -0.340 e. The number of nitrogens with one attached hydrogen (secondary N) is 2. The number of rotatable bonds is 3. The quantitative estimate of drug-likeness (QED) is 0.590. The molecule has 0 saturated carbocycles. The van der Waals surface area contributed by atoms with Crippen LogP contribution in [0.25, 0.3) is 0 Å². The first-order chi connectivity index (χ1) is 9.41. The van der Waals surface area contributed by atoms with Gasteiger partial charge in [-0.2, -0.15) is 4.98 Å². The lowest BCUT2D eigenvalue weighted by molar-refractivity contribution is 0.592. The van der Waals surface area contributed by atoms with Crippen molar-refractivity contribution >= 4 is 17.5 Å². The Morgan fingerprint density at radius 2 is 1.85 bits per heavy atom. The summed E-state index contributed by atoms with van der Waals surface area (Å²) in [4.78, 5) is 8.43. The van der Waals surface area contributed by atoms with Crippen LogP contribution in [0.3, 0.4) is 0 Å². The van der Waals surface area contributed by atoms with Crippen LogP contribution >= 0.6 is 0 Å². The molecule has 0 amide bonds. The van der Waals surface area contributed by atoms with Gasteiger partial charge in [-0.05, 0) is 24.0 Å². The number of hydrogen-bond acceptors (Lipinski definition) is 5. The van der Waals surface area contributed by atoms with E-state index in [1.807, 2.05) is 19.1 Å². The fraction of sp³-hybridized carbons (Fsp3) is 0.333. The molecule has 2 aromatic rings. The molecule has 1 aromatic carbocycles. The lowest BCUT2D eigenvalue weighted by Gasteiger charge is -2.23.